The fraction of sp³-hybridized carbons (Fsp3) is 0.308. The summed E-state index contributed by atoms with van der Waals surface area (Å²) in [4.78, 5) is 6.43. The highest BCUT2D eigenvalue weighted by Crippen LogP contribution is 2.39. The van der Waals surface area contributed by atoms with Crippen molar-refractivity contribution in [3.05, 3.63) is 64.9 Å². The van der Waals surface area contributed by atoms with Crippen molar-refractivity contribution in [3.8, 4) is 12.1 Å². The third-order valence-corrected chi connectivity index (χ3v) is 6.31. The van der Waals surface area contributed by atoms with E-state index >= 15 is 0 Å². The number of nitriles is 2. The van der Waals surface area contributed by atoms with Crippen molar-refractivity contribution >= 4 is 28.1 Å². The van der Waals surface area contributed by atoms with Gasteiger partial charge in [-0.05, 0) is 49.2 Å². The number of aromatic amines is 1. The normalized spacial score (nSPS) is 17.8. The van der Waals surface area contributed by atoms with E-state index in [9.17, 15) is 10.5 Å². The number of likely N-dealkylation sites (N-methyl/N-ethyl adjacent to an activating group) is 1. The maximum Gasteiger partial charge on any atom is 0.156 e. The van der Waals surface area contributed by atoms with Crippen LogP contribution in [0.1, 0.15) is 30.9 Å². The number of nitrogens with one attached hydrogen (secondary N) is 2. The Morgan fingerprint density at radius 3 is 2.59 bits per heavy atom. The molecule has 2 aromatic carbocycles. The lowest BCUT2D eigenvalue weighted by Gasteiger charge is -2.26. The smallest absolute Gasteiger partial charge is 0.156 e. The maximum atomic E-state index is 9.81. The van der Waals surface area contributed by atoms with Crippen molar-refractivity contribution in [1.82, 2.24) is 10.2 Å². The summed E-state index contributed by atoms with van der Waals surface area (Å²) in [6, 6.07) is 18.7. The Balaban J connectivity index is 1.59. The molecule has 8 heteroatoms. The summed E-state index contributed by atoms with van der Waals surface area (Å²) in [6.07, 6.45) is 0. The SMILES string of the molecule is CC1=NC(C)=C(C#N)C(c2ccc3[nH]nc(NCc4ccc(N(C)CCO)cc4)c3c2)C1C#N. The van der Waals surface area contributed by atoms with E-state index in [4.69, 9.17) is 5.11 Å². The molecule has 0 saturated carbocycles. The second-order valence-electron chi connectivity index (χ2n) is 8.49. The fourth-order valence-corrected chi connectivity index (χ4v) is 4.40. The largest absolute Gasteiger partial charge is 0.395 e. The summed E-state index contributed by atoms with van der Waals surface area (Å²) >= 11 is 0. The van der Waals surface area contributed by atoms with Gasteiger partial charge < -0.3 is 15.3 Å². The number of rotatable bonds is 7. The Bertz CT molecular complexity index is 1340. The van der Waals surface area contributed by atoms with Crippen LogP contribution in [0.15, 0.2) is 58.7 Å². The van der Waals surface area contributed by atoms with Gasteiger partial charge in [0.1, 0.15) is 0 Å². The van der Waals surface area contributed by atoms with Gasteiger partial charge in [-0.25, -0.2) is 0 Å². The number of H-pyrrole nitrogens is 1. The van der Waals surface area contributed by atoms with Crippen LogP contribution in [0.3, 0.4) is 0 Å². The molecular formula is C26H27N7O. The number of fused-ring (bicyclic) bond motifs is 1. The van der Waals surface area contributed by atoms with E-state index in [-0.39, 0.29) is 12.5 Å². The van der Waals surface area contributed by atoms with E-state index in [0.29, 0.717) is 30.2 Å². The molecule has 0 fully saturated rings. The van der Waals surface area contributed by atoms with Crippen LogP contribution < -0.4 is 10.2 Å². The van der Waals surface area contributed by atoms with Crippen molar-refractivity contribution in [3.63, 3.8) is 0 Å². The number of aliphatic hydroxyl groups excluding tert-OH is 1. The molecule has 172 valence electrons. The van der Waals surface area contributed by atoms with Gasteiger partial charge in [-0.1, -0.05) is 18.2 Å². The number of aromatic nitrogens is 2. The molecular weight excluding hydrogens is 426 g/mol. The van der Waals surface area contributed by atoms with Crippen LogP contribution in [-0.4, -0.2) is 41.2 Å². The zero-order valence-electron chi connectivity index (χ0n) is 19.5. The van der Waals surface area contributed by atoms with Gasteiger partial charge in [0.2, 0.25) is 0 Å². The van der Waals surface area contributed by atoms with Crippen molar-refractivity contribution < 1.29 is 5.11 Å². The molecule has 0 aliphatic carbocycles. The average Bonchev–Trinajstić information content (AvgIpc) is 3.25. The Morgan fingerprint density at radius 2 is 1.91 bits per heavy atom. The van der Waals surface area contributed by atoms with Gasteiger partial charge >= 0.3 is 0 Å². The third kappa shape index (κ3) is 4.36. The lowest BCUT2D eigenvalue weighted by Crippen LogP contribution is -2.24. The van der Waals surface area contributed by atoms with Gasteiger partial charge in [-0.3, -0.25) is 10.1 Å². The van der Waals surface area contributed by atoms with Crippen molar-refractivity contribution in [2.24, 2.45) is 10.9 Å². The van der Waals surface area contributed by atoms with Crippen LogP contribution in [-0.2, 0) is 6.54 Å². The van der Waals surface area contributed by atoms with Crippen LogP contribution in [0, 0.1) is 28.6 Å². The third-order valence-electron chi connectivity index (χ3n) is 6.31. The Morgan fingerprint density at radius 1 is 1.15 bits per heavy atom. The summed E-state index contributed by atoms with van der Waals surface area (Å²) < 4.78 is 0. The molecule has 0 saturated heterocycles. The summed E-state index contributed by atoms with van der Waals surface area (Å²) in [5, 5.41) is 40.5. The molecule has 1 aliphatic heterocycles. The number of aliphatic hydroxyl groups is 1. The van der Waals surface area contributed by atoms with E-state index in [1.165, 1.54) is 0 Å². The highest BCUT2D eigenvalue weighted by Gasteiger charge is 2.34. The molecule has 1 aromatic heterocycles. The summed E-state index contributed by atoms with van der Waals surface area (Å²) in [7, 11) is 1.95. The lowest BCUT2D eigenvalue weighted by atomic mass is 9.76. The molecule has 2 heterocycles. The minimum atomic E-state index is -0.485. The van der Waals surface area contributed by atoms with Crippen LogP contribution >= 0.6 is 0 Å². The van der Waals surface area contributed by atoms with E-state index < -0.39 is 5.92 Å². The zero-order valence-corrected chi connectivity index (χ0v) is 19.5. The van der Waals surface area contributed by atoms with Crippen LogP contribution in [0.5, 0.6) is 0 Å². The molecule has 34 heavy (non-hydrogen) atoms. The van der Waals surface area contributed by atoms with E-state index in [1.807, 2.05) is 68.3 Å². The minimum absolute atomic E-state index is 0.113. The fourth-order valence-electron chi connectivity index (χ4n) is 4.40. The molecule has 1 aliphatic rings. The lowest BCUT2D eigenvalue weighted by molar-refractivity contribution is 0.304. The first kappa shape index (κ1) is 23.0. The minimum Gasteiger partial charge on any atom is -0.395 e. The van der Waals surface area contributed by atoms with Gasteiger partial charge in [0.25, 0.3) is 0 Å². The molecule has 0 radical (unpaired) electrons. The van der Waals surface area contributed by atoms with Crippen LogP contribution in [0.25, 0.3) is 10.9 Å². The first-order valence-corrected chi connectivity index (χ1v) is 11.1. The van der Waals surface area contributed by atoms with Gasteiger partial charge in [0.05, 0.1) is 41.5 Å². The number of hydrogen-bond acceptors (Lipinski definition) is 7. The van der Waals surface area contributed by atoms with Gasteiger partial charge in [-0.15, -0.1) is 0 Å². The number of benzene rings is 2. The van der Waals surface area contributed by atoms with Crippen LogP contribution in [0.4, 0.5) is 11.5 Å². The van der Waals surface area contributed by atoms with Crippen molar-refractivity contribution in [2.45, 2.75) is 26.3 Å². The molecule has 2 atom stereocenters. The average molecular weight is 454 g/mol. The van der Waals surface area contributed by atoms with Gasteiger partial charge in [0.15, 0.2) is 5.82 Å². The van der Waals surface area contributed by atoms with E-state index in [1.54, 1.807) is 0 Å². The number of aliphatic imine (C=N–C) groups is 1. The number of allylic oxidation sites excluding steroid dienone is 2. The van der Waals surface area contributed by atoms with Gasteiger partial charge in [-0.2, -0.15) is 15.6 Å². The molecule has 3 N–H and O–H groups in total. The van der Waals surface area contributed by atoms with Crippen molar-refractivity contribution in [1.29, 1.82) is 10.5 Å². The molecule has 2 unspecified atom stereocenters. The number of hydrogen-bond donors (Lipinski definition) is 3. The standard InChI is InChI=1S/C26H27N7O/c1-16-22(13-27)25(23(14-28)17(2)30-16)19-6-9-24-21(12-19)26(32-31-24)29-15-18-4-7-20(8-5-18)33(3)10-11-34/h4-9,12,22,25,34H,10-11,15H2,1-3H3,(H2,29,31,32). The highest BCUT2D eigenvalue weighted by molar-refractivity contribution is 5.93. The maximum absolute atomic E-state index is 9.81. The monoisotopic (exact) mass is 453 g/mol. The topological polar surface area (TPSA) is 124 Å². The highest BCUT2D eigenvalue weighted by atomic mass is 16.3. The Kier molecular flexibility index (Phi) is 6.62. The summed E-state index contributed by atoms with van der Waals surface area (Å²) in [5.74, 6) is -0.128. The van der Waals surface area contributed by atoms with Crippen LogP contribution in [0.2, 0.25) is 0 Å². The van der Waals surface area contributed by atoms with E-state index in [2.05, 4.69) is 32.6 Å². The van der Waals surface area contributed by atoms with Gasteiger partial charge in [0, 0.05) is 42.8 Å². The second kappa shape index (κ2) is 9.78. The number of nitrogens with zero attached hydrogens (tertiary/aromatic N) is 5. The predicted octanol–water partition coefficient (Wildman–Crippen LogP) is 4.10. The first-order chi connectivity index (χ1) is 16.5. The zero-order chi connectivity index (χ0) is 24.2. The summed E-state index contributed by atoms with van der Waals surface area (Å²) in [5.41, 5.74) is 5.83. The first-order valence-electron chi connectivity index (χ1n) is 11.1. The Hall–Kier alpha value is -4.14. The van der Waals surface area contributed by atoms with E-state index in [0.717, 1.165) is 33.4 Å². The molecule has 0 bridgehead atoms. The Labute approximate surface area is 198 Å². The van der Waals surface area contributed by atoms with Crippen molar-refractivity contribution in [2.75, 3.05) is 30.4 Å². The molecule has 0 amide bonds. The summed E-state index contributed by atoms with van der Waals surface area (Å²) in [6.45, 7) is 4.95. The molecule has 3 aromatic rings. The molecule has 8 nitrogen and oxygen atoms in total. The molecule has 0 spiro atoms. The number of anilines is 2. The predicted molar refractivity (Wildman–Crippen MR) is 133 cm³/mol. The molecule has 4 rings (SSSR count). The quantitative estimate of drug-likeness (QED) is 0.495. The second-order valence-corrected chi connectivity index (χ2v) is 8.49.